The van der Waals surface area contributed by atoms with Crippen LogP contribution in [0.1, 0.15) is 0 Å². The van der Waals surface area contributed by atoms with Gasteiger partial charge in [-0.15, -0.1) is 0 Å². The minimum atomic E-state index is -5.39. The largest absolute Gasteiger partial charge is 3.00 e. The molecule has 4 nitrogen and oxygen atoms in total. The van der Waals surface area contributed by atoms with Gasteiger partial charge in [-0.3, -0.25) is 0 Å². The summed E-state index contributed by atoms with van der Waals surface area (Å²) in [6.45, 7) is 0. The van der Waals surface area contributed by atoms with Gasteiger partial charge in [0.2, 0.25) is 0 Å². The van der Waals surface area contributed by atoms with Gasteiger partial charge in [0.1, 0.15) is 0 Å². The number of phosphoric acid groups is 1. The van der Waals surface area contributed by atoms with E-state index >= 15 is 0 Å². The van der Waals surface area contributed by atoms with Crippen molar-refractivity contribution in [1.29, 1.82) is 0 Å². The molecule has 0 saturated carbocycles. The molecule has 8 heteroatoms. The smallest absolute Gasteiger partial charge is 0.822 e. The molecule has 0 N–H and O–H groups in total. The van der Waals surface area contributed by atoms with Gasteiger partial charge < -0.3 is 19.2 Å². The van der Waals surface area contributed by atoms with Crippen LogP contribution in [-0.4, -0.2) is 23.1 Å². The Morgan fingerprint density at radius 2 is 1.12 bits per heavy atom. The Labute approximate surface area is 83.8 Å². The Morgan fingerprint density at radius 1 is 1.12 bits per heavy atom. The minimum absolute atomic E-state index is 0. The van der Waals surface area contributed by atoms with Crippen molar-refractivity contribution in [3.63, 3.8) is 0 Å². The summed E-state index contributed by atoms with van der Waals surface area (Å²) in [4.78, 5) is 25.6. The van der Waals surface area contributed by atoms with Crippen LogP contribution in [0.25, 0.3) is 0 Å². The molecule has 0 aliphatic carbocycles. The van der Waals surface area contributed by atoms with E-state index in [1.165, 1.54) is 0 Å². The van der Waals surface area contributed by atoms with Crippen molar-refractivity contribution >= 4 is 30.9 Å². The van der Waals surface area contributed by atoms with Crippen LogP contribution in [0.4, 0.5) is 0 Å². The van der Waals surface area contributed by atoms with Gasteiger partial charge in [-0.05, 0) is 0 Å². The Balaban J connectivity index is -0.0000000267. The summed E-state index contributed by atoms with van der Waals surface area (Å²) in [6, 6.07) is 0. The first-order chi connectivity index (χ1) is 2.00. The molecule has 0 amide bonds. The van der Waals surface area contributed by atoms with E-state index in [0.717, 1.165) is 0 Å². The van der Waals surface area contributed by atoms with Crippen molar-refractivity contribution in [1.82, 2.24) is 0 Å². The predicted molar refractivity (Wildman–Crippen MR) is 13.4 cm³/mol. The van der Waals surface area contributed by atoms with Crippen LogP contribution >= 0.6 is 7.82 Å². The Bertz CT molecular complexity index is 62.2. The van der Waals surface area contributed by atoms with Crippen LogP contribution in [-0.2, 0) is 38.7 Å². The molecule has 0 spiro atoms. The van der Waals surface area contributed by atoms with E-state index < -0.39 is 7.82 Å². The summed E-state index contributed by atoms with van der Waals surface area (Å²) in [6.07, 6.45) is 0. The van der Waals surface area contributed by atoms with E-state index in [1.807, 2.05) is 0 Å². The summed E-state index contributed by atoms with van der Waals surface area (Å²) in [5.74, 6) is 0. The van der Waals surface area contributed by atoms with Gasteiger partial charge in [0.15, 0.2) is 0 Å². The average Bonchev–Trinajstić information content (AvgIpc) is 0.722. The van der Waals surface area contributed by atoms with Crippen molar-refractivity contribution in [2.75, 3.05) is 0 Å². The summed E-state index contributed by atoms with van der Waals surface area (Å²) < 4.78 is 8.55. The van der Waals surface area contributed by atoms with Gasteiger partial charge in [0.25, 0.3) is 0 Å². The van der Waals surface area contributed by atoms with E-state index in [4.69, 9.17) is 19.2 Å². The van der Waals surface area contributed by atoms with Gasteiger partial charge in [-0.2, -0.15) is 7.82 Å². The molecule has 8 heavy (non-hydrogen) atoms. The summed E-state index contributed by atoms with van der Waals surface area (Å²) >= 11 is 0. The number of hydrogen-bond donors (Lipinski definition) is 0. The first-order valence-corrected chi connectivity index (χ1v) is 2.19. The summed E-state index contributed by atoms with van der Waals surface area (Å²) in [5.41, 5.74) is 0. The second-order valence-electron chi connectivity index (χ2n) is 0.447. The average molecular weight is 230 g/mol. The SMILES string of the molecule is O=P([O-])([O-])[O-].[Fe+3].[Mg].[Mn]. The Morgan fingerprint density at radius 3 is 1.12 bits per heavy atom. The van der Waals surface area contributed by atoms with Gasteiger partial charge in [0, 0.05) is 40.1 Å². The second kappa shape index (κ2) is 8.92. The molecule has 0 aliphatic rings. The molecule has 0 aromatic heterocycles. The van der Waals surface area contributed by atoms with Crippen LogP contribution in [0.5, 0.6) is 0 Å². The molecule has 4 radical (unpaired) electrons. The fraction of sp³-hybridized carbons (Fsp3) is 0. The third-order valence-corrected chi connectivity index (χ3v) is 0. The van der Waals surface area contributed by atoms with Gasteiger partial charge >= 0.3 is 17.1 Å². The zero-order chi connectivity index (χ0) is 4.50. The van der Waals surface area contributed by atoms with Crippen LogP contribution in [0, 0.1) is 0 Å². The topological polar surface area (TPSA) is 86.2 Å². The van der Waals surface area contributed by atoms with Gasteiger partial charge in [-0.25, -0.2) is 0 Å². The minimum Gasteiger partial charge on any atom is -0.822 e. The Kier molecular flexibility index (Phi) is 25.1. The molecule has 0 fully saturated rings. The molecule has 0 atom stereocenters. The molecule has 0 aromatic carbocycles. The van der Waals surface area contributed by atoms with Crippen LogP contribution in [0.3, 0.4) is 0 Å². The second-order valence-corrected chi connectivity index (χ2v) is 1.34. The third-order valence-electron chi connectivity index (χ3n) is 0. The van der Waals surface area contributed by atoms with Crippen molar-refractivity contribution in [2.24, 2.45) is 0 Å². The molecule has 46 valence electrons. The van der Waals surface area contributed by atoms with Crippen molar-refractivity contribution in [2.45, 2.75) is 0 Å². The molecule has 0 unspecified atom stereocenters. The first kappa shape index (κ1) is 22.5. The molecular formula is FeMgMnO4P. The zero-order valence-electron chi connectivity index (χ0n) is 3.52. The van der Waals surface area contributed by atoms with Crippen LogP contribution in [0.15, 0.2) is 0 Å². The van der Waals surface area contributed by atoms with Crippen molar-refractivity contribution in [3.8, 4) is 0 Å². The fourth-order valence-corrected chi connectivity index (χ4v) is 0. The zero-order valence-corrected chi connectivity index (χ0v) is 8.11. The third kappa shape index (κ3) is 103. The quantitative estimate of drug-likeness (QED) is 0.323. The van der Waals surface area contributed by atoms with Crippen molar-refractivity contribution < 1.29 is 53.4 Å². The monoisotopic (exact) mass is 230 g/mol. The normalized spacial score (nSPS) is 7.38. The standard InChI is InChI=1S/Fe.Mg.Mn.H3O4P/c;;;1-5(2,3)4/h;;;(H3,1,2,3,4)/q+3;;;/p-3. The fourth-order valence-electron chi connectivity index (χ4n) is 0. The molecule has 0 heterocycles. The van der Waals surface area contributed by atoms with Crippen molar-refractivity contribution in [3.05, 3.63) is 0 Å². The van der Waals surface area contributed by atoms with E-state index in [0.29, 0.717) is 0 Å². The summed E-state index contributed by atoms with van der Waals surface area (Å²) in [7, 11) is -5.39. The van der Waals surface area contributed by atoms with E-state index in [-0.39, 0.29) is 57.2 Å². The van der Waals surface area contributed by atoms with E-state index in [2.05, 4.69) is 0 Å². The molecular weight excluding hydrogens is 230 g/mol. The van der Waals surface area contributed by atoms with Crippen LogP contribution < -0.4 is 14.7 Å². The molecule has 0 aliphatic heterocycles. The van der Waals surface area contributed by atoms with E-state index in [1.54, 1.807) is 0 Å². The maximum Gasteiger partial charge on any atom is 3.00 e. The molecule has 0 aromatic rings. The molecule has 0 bridgehead atoms. The first-order valence-electron chi connectivity index (χ1n) is 0.730. The Hall–Kier alpha value is 1.92. The van der Waals surface area contributed by atoms with Gasteiger partial charge in [-0.1, -0.05) is 0 Å². The van der Waals surface area contributed by atoms with Gasteiger partial charge in [0.05, 0.1) is 0 Å². The number of hydrogen-bond acceptors (Lipinski definition) is 4. The number of rotatable bonds is 0. The maximum absolute atomic E-state index is 8.55. The summed E-state index contributed by atoms with van der Waals surface area (Å²) in [5, 5.41) is 0. The maximum atomic E-state index is 8.55. The van der Waals surface area contributed by atoms with E-state index in [9.17, 15) is 0 Å². The van der Waals surface area contributed by atoms with Crippen LogP contribution in [0.2, 0.25) is 0 Å². The predicted octanol–water partition coefficient (Wildman–Crippen LogP) is -3.21. The molecule has 0 saturated heterocycles. The molecule has 0 rings (SSSR count).